The zero-order valence-electron chi connectivity index (χ0n) is 27.7. The highest BCUT2D eigenvalue weighted by atomic mass is 32.2. The van der Waals surface area contributed by atoms with Crippen LogP contribution in [0.5, 0.6) is 5.75 Å². The number of sulfonamides is 1. The molecule has 0 unspecified atom stereocenters. The molecule has 4 rings (SSSR count). The number of aliphatic hydroxyl groups is 1. The monoisotopic (exact) mass is 656 g/mol. The third kappa shape index (κ3) is 9.09. The number of benzene rings is 2. The maximum atomic E-state index is 14.4. The average molecular weight is 657 g/mol. The summed E-state index contributed by atoms with van der Waals surface area (Å²) in [6.45, 7) is 11.0. The van der Waals surface area contributed by atoms with E-state index < -0.39 is 16.1 Å². The zero-order valence-corrected chi connectivity index (χ0v) is 28.5. The fourth-order valence-corrected chi connectivity index (χ4v) is 7.16. The molecule has 2 N–H and O–H groups in total. The highest BCUT2D eigenvalue weighted by molar-refractivity contribution is 7.92. The summed E-state index contributed by atoms with van der Waals surface area (Å²) in [5, 5.41) is 14.0. The van der Waals surface area contributed by atoms with Crippen LogP contribution >= 0.6 is 0 Å². The van der Waals surface area contributed by atoms with Crippen molar-refractivity contribution in [1.82, 2.24) is 15.0 Å². The first kappa shape index (κ1) is 35.4. The molecule has 0 radical (unpaired) electrons. The molecule has 3 aromatic rings. The van der Waals surface area contributed by atoms with Gasteiger partial charge in [0.25, 0.3) is 15.9 Å². The van der Waals surface area contributed by atoms with Gasteiger partial charge in [-0.05, 0) is 77.8 Å². The summed E-state index contributed by atoms with van der Waals surface area (Å²) in [4.78, 5) is 18.2. The van der Waals surface area contributed by atoms with Gasteiger partial charge in [0.05, 0.1) is 30.4 Å². The summed E-state index contributed by atoms with van der Waals surface area (Å²) >= 11 is 0. The number of nitrogens with one attached hydrogen (secondary N) is 1. The molecule has 252 valence electrons. The van der Waals surface area contributed by atoms with Crippen LogP contribution in [0.2, 0.25) is 0 Å². The normalized spacial score (nSPS) is 20.9. The van der Waals surface area contributed by atoms with Crippen LogP contribution in [0.15, 0.2) is 57.9 Å². The molecule has 0 saturated heterocycles. The minimum absolute atomic E-state index is 0.0450. The Morgan fingerprint density at radius 2 is 1.87 bits per heavy atom. The van der Waals surface area contributed by atoms with Crippen LogP contribution in [-0.2, 0) is 21.3 Å². The Morgan fingerprint density at radius 3 is 2.54 bits per heavy atom. The van der Waals surface area contributed by atoms with E-state index in [1.165, 1.54) is 18.6 Å². The number of nitrogens with zero attached hydrogens (tertiary/aromatic N) is 3. The Kier molecular flexibility index (Phi) is 12.2. The highest BCUT2D eigenvalue weighted by Gasteiger charge is 2.31. The summed E-state index contributed by atoms with van der Waals surface area (Å²) in [5.74, 6) is 0.0683. The van der Waals surface area contributed by atoms with Gasteiger partial charge >= 0.3 is 0 Å². The van der Waals surface area contributed by atoms with Crippen molar-refractivity contribution in [1.29, 1.82) is 0 Å². The lowest BCUT2D eigenvalue weighted by atomic mass is 10.0. The van der Waals surface area contributed by atoms with Gasteiger partial charge in [-0.25, -0.2) is 8.42 Å². The molecule has 2 aromatic carbocycles. The quantitative estimate of drug-likeness (QED) is 0.326. The maximum Gasteiger partial charge on any atom is 0.267 e. The number of hydrogen-bond acceptors (Lipinski definition) is 9. The number of aromatic nitrogens is 1. The molecule has 1 aliphatic heterocycles. The Balaban J connectivity index is 1.66. The molecule has 0 saturated carbocycles. The van der Waals surface area contributed by atoms with E-state index in [1.54, 1.807) is 30.9 Å². The molecule has 1 aliphatic rings. The molecule has 0 spiro atoms. The second-order valence-corrected chi connectivity index (χ2v) is 14.1. The van der Waals surface area contributed by atoms with Gasteiger partial charge in [0.15, 0.2) is 10.7 Å². The molecule has 1 amide bonds. The average Bonchev–Trinajstić information content (AvgIpc) is 3.37. The van der Waals surface area contributed by atoms with Crippen molar-refractivity contribution in [3.05, 3.63) is 71.1 Å². The van der Waals surface area contributed by atoms with Gasteiger partial charge in [0.1, 0.15) is 11.4 Å². The highest BCUT2D eigenvalue weighted by Crippen LogP contribution is 2.30. The third-order valence-corrected chi connectivity index (χ3v) is 9.95. The van der Waals surface area contributed by atoms with E-state index in [0.29, 0.717) is 25.4 Å². The first-order valence-electron chi connectivity index (χ1n) is 15.9. The molecule has 2 heterocycles. The molecule has 11 nitrogen and oxygen atoms in total. The number of aliphatic hydroxyl groups excluding tert-OH is 1. The van der Waals surface area contributed by atoms with E-state index in [4.69, 9.17) is 14.0 Å². The zero-order chi connectivity index (χ0) is 33.4. The van der Waals surface area contributed by atoms with Crippen LogP contribution in [0.4, 0.5) is 5.69 Å². The summed E-state index contributed by atoms with van der Waals surface area (Å²) < 4.78 is 47.0. The number of rotatable bonds is 9. The van der Waals surface area contributed by atoms with Gasteiger partial charge in [-0.1, -0.05) is 42.4 Å². The van der Waals surface area contributed by atoms with Gasteiger partial charge in [0, 0.05) is 37.8 Å². The molecular weight excluding hydrogens is 608 g/mol. The van der Waals surface area contributed by atoms with Gasteiger partial charge in [-0.3, -0.25) is 14.4 Å². The molecule has 0 bridgehead atoms. The van der Waals surface area contributed by atoms with Crippen molar-refractivity contribution in [3.63, 3.8) is 0 Å². The van der Waals surface area contributed by atoms with Crippen molar-refractivity contribution < 1.29 is 32.3 Å². The molecule has 46 heavy (non-hydrogen) atoms. The minimum Gasteiger partial charge on any atom is -0.490 e. The fourth-order valence-electron chi connectivity index (χ4n) is 5.78. The fraction of sp³-hybridized carbons (Fsp3) is 0.529. The second-order valence-electron chi connectivity index (χ2n) is 12.5. The summed E-state index contributed by atoms with van der Waals surface area (Å²) in [6, 6.07) is 14.4. The molecule has 0 aliphatic carbocycles. The van der Waals surface area contributed by atoms with E-state index in [9.17, 15) is 18.3 Å². The van der Waals surface area contributed by atoms with Crippen LogP contribution < -0.4 is 9.46 Å². The first-order chi connectivity index (χ1) is 21.9. The summed E-state index contributed by atoms with van der Waals surface area (Å²) in [6.07, 6.45) is 2.13. The molecular formula is C34H48N4O7S. The second kappa shape index (κ2) is 15.9. The van der Waals surface area contributed by atoms with E-state index in [0.717, 1.165) is 25.8 Å². The Bertz CT molecular complexity index is 1530. The van der Waals surface area contributed by atoms with Crippen molar-refractivity contribution in [3.8, 4) is 5.75 Å². The lowest BCUT2D eigenvalue weighted by molar-refractivity contribution is -0.0177. The molecule has 12 heteroatoms. The number of hydrogen-bond donors (Lipinski definition) is 2. The van der Waals surface area contributed by atoms with Crippen molar-refractivity contribution in [2.75, 3.05) is 38.1 Å². The van der Waals surface area contributed by atoms with E-state index in [2.05, 4.69) is 40.9 Å². The number of anilines is 1. The van der Waals surface area contributed by atoms with Crippen molar-refractivity contribution in [2.24, 2.45) is 5.92 Å². The number of ether oxygens (including phenoxy) is 2. The van der Waals surface area contributed by atoms with E-state index in [-0.39, 0.29) is 58.2 Å². The smallest absolute Gasteiger partial charge is 0.267 e. The minimum atomic E-state index is -4.05. The number of carbonyl (C=O) groups is 1. The topological polar surface area (TPSA) is 134 Å². The number of carbonyl (C=O) groups excluding carboxylic acids is 1. The van der Waals surface area contributed by atoms with Gasteiger partial charge in [-0.15, -0.1) is 0 Å². The molecule has 4 atom stereocenters. The van der Waals surface area contributed by atoms with Crippen molar-refractivity contribution >= 4 is 21.6 Å². The van der Waals surface area contributed by atoms with Gasteiger partial charge in [-0.2, -0.15) is 0 Å². The summed E-state index contributed by atoms with van der Waals surface area (Å²) in [5.41, 5.74) is 1.84. The van der Waals surface area contributed by atoms with E-state index in [1.807, 2.05) is 25.1 Å². The third-order valence-electron chi connectivity index (χ3n) is 8.33. The van der Waals surface area contributed by atoms with Crippen LogP contribution in [0.25, 0.3) is 0 Å². The predicted octanol–water partition coefficient (Wildman–Crippen LogP) is 5.02. The van der Waals surface area contributed by atoms with Crippen molar-refractivity contribution in [2.45, 2.75) is 83.6 Å². The lowest BCUT2D eigenvalue weighted by Crippen LogP contribution is -2.47. The molecule has 0 fully saturated rings. The Hall–Kier alpha value is -3.45. The number of fused-ring (bicyclic) bond motifs is 1. The Labute approximate surface area is 272 Å². The van der Waals surface area contributed by atoms with Crippen LogP contribution in [0, 0.1) is 19.8 Å². The lowest BCUT2D eigenvalue weighted by Gasteiger charge is -2.36. The maximum absolute atomic E-state index is 14.4. The van der Waals surface area contributed by atoms with Crippen LogP contribution in [0.1, 0.15) is 67.4 Å². The van der Waals surface area contributed by atoms with Crippen LogP contribution in [-0.4, -0.2) is 86.0 Å². The largest absolute Gasteiger partial charge is 0.490 e. The van der Waals surface area contributed by atoms with Crippen LogP contribution in [0.3, 0.4) is 0 Å². The standard InChI is InChI=1S/C34H48N4O7S/c1-23-19-38(24(2)22-39)34(40)30-18-29(36-46(41,42)33-26(4)35-45-27(33)5)15-16-31(30)44-25(3)12-10-11-17-43-32(23)21-37(6)20-28-13-8-7-9-14-28/h7-9,13-16,18,23-25,32,36,39H,10-12,17,19-22H2,1-6H3/t23-,24+,25+,32-/m1/s1. The molecule has 1 aromatic heterocycles. The van der Waals surface area contributed by atoms with Gasteiger partial charge in [0.2, 0.25) is 0 Å². The summed E-state index contributed by atoms with van der Waals surface area (Å²) in [7, 11) is -1.99. The SMILES string of the molecule is Cc1noc(C)c1S(=O)(=O)Nc1ccc2c(c1)C(=O)N([C@@H](C)CO)C[C@@H](C)[C@@H](CN(C)Cc1ccccc1)OCCCC[C@H](C)O2. The number of amides is 1. The number of aryl methyl sites for hydroxylation is 2. The first-order valence-corrected chi connectivity index (χ1v) is 17.4. The number of likely N-dealkylation sites (N-methyl/N-ethyl adjacent to an activating group) is 1. The predicted molar refractivity (Wildman–Crippen MR) is 176 cm³/mol. The van der Waals surface area contributed by atoms with Gasteiger partial charge < -0.3 is 24.0 Å². The Morgan fingerprint density at radius 1 is 1.13 bits per heavy atom. The van der Waals surface area contributed by atoms with E-state index >= 15 is 0 Å².